The van der Waals surface area contributed by atoms with E-state index in [1.807, 2.05) is 0 Å². The number of nitrogens with zero attached hydrogens (tertiary/aromatic N) is 1. The zero-order valence-corrected chi connectivity index (χ0v) is 4.49. The third-order valence-corrected chi connectivity index (χ3v) is 0.323. The van der Waals surface area contributed by atoms with Crippen molar-refractivity contribution in [3.05, 3.63) is 0 Å². The van der Waals surface area contributed by atoms with Gasteiger partial charge in [-0.3, -0.25) is 0 Å². The zero-order chi connectivity index (χ0) is 4.28. The molecule has 0 saturated carbocycles. The van der Waals surface area contributed by atoms with Crippen molar-refractivity contribution >= 4 is 6.41 Å². The molecular weight excluding hydrogens is 102 g/mol. The van der Waals surface area contributed by atoms with Gasteiger partial charge in [-0.1, -0.05) is 0 Å². The molecule has 0 saturated heterocycles. The number of carbonyl (C=O) groups is 1. The van der Waals surface area contributed by atoms with Gasteiger partial charge in [0.1, 0.15) is 0 Å². The molecule has 2 nitrogen and oxygen atoms in total. The average molecular weight is 106 g/mol. The first kappa shape index (κ1) is 5.18. The predicted octanol–water partition coefficient (Wildman–Crippen LogP) is -0.464. The van der Waals surface area contributed by atoms with E-state index < -0.39 is 0 Å². The molecule has 0 unspecified atom stereocenters. The van der Waals surface area contributed by atoms with Crippen LogP contribution in [0.25, 0.3) is 0 Å². The van der Waals surface area contributed by atoms with Gasteiger partial charge in [0.25, 0.3) is 0 Å². The number of amides is 1. The van der Waals surface area contributed by atoms with Crippen LogP contribution >= 0.6 is 0 Å². The van der Waals surface area contributed by atoms with Crippen LogP contribution in [0.3, 0.4) is 0 Å². The van der Waals surface area contributed by atoms with Gasteiger partial charge in [0, 0.05) is 0 Å². The van der Waals surface area contributed by atoms with Crippen molar-refractivity contribution in [2.45, 2.75) is 0 Å². The van der Waals surface area contributed by atoms with Crippen molar-refractivity contribution in [2.24, 2.45) is 0 Å². The van der Waals surface area contributed by atoms with Crippen LogP contribution in [0, 0.1) is 0 Å². The molecule has 0 radical (unpaired) electrons. The molecule has 5 heavy (non-hydrogen) atoms. The minimum atomic E-state index is 0.750. The van der Waals surface area contributed by atoms with Gasteiger partial charge in [-0.15, -0.1) is 0 Å². The molecule has 0 aromatic heterocycles. The van der Waals surface area contributed by atoms with Crippen LogP contribution < -0.4 is 0 Å². The number of hydrogen-bond donors (Lipinski definition) is 0. The third-order valence-electron chi connectivity index (χ3n) is 0.158. The molecule has 0 aromatic carbocycles. The zero-order valence-electron chi connectivity index (χ0n) is 2.93. The molecule has 0 aliphatic heterocycles. The van der Waals surface area contributed by atoms with E-state index in [1.165, 1.54) is 3.38 Å². The summed E-state index contributed by atoms with van der Waals surface area (Å²) in [5.74, 6) is 0. The van der Waals surface area contributed by atoms with E-state index in [0.717, 1.165) is 6.41 Å². The first-order valence-electron chi connectivity index (χ1n) is 1.16. The van der Waals surface area contributed by atoms with E-state index in [9.17, 15) is 4.79 Å². The molecule has 0 aromatic rings. The maximum atomic E-state index is 9.43. The molecule has 0 fully saturated rings. The molecule has 0 rings (SSSR count). The molecule has 1 amide bonds. The van der Waals surface area contributed by atoms with Crippen molar-refractivity contribution < 1.29 is 25.5 Å². The first-order valence-corrected chi connectivity index (χ1v) is 1.86. The topological polar surface area (TPSA) is 20.3 Å². The fourth-order valence-electron chi connectivity index (χ4n) is 0. The Bertz CT molecular complexity index is 36.6. The van der Waals surface area contributed by atoms with Crippen molar-refractivity contribution in [1.82, 2.24) is 3.38 Å². The van der Waals surface area contributed by atoms with Crippen LogP contribution in [-0.4, -0.2) is 16.8 Å². The van der Waals surface area contributed by atoms with Crippen LogP contribution in [0.1, 0.15) is 0 Å². The molecule has 0 bridgehead atoms. The number of rotatable bonds is 1. The second-order valence-corrected chi connectivity index (χ2v) is 1.82. The van der Waals surface area contributed by atoms with Crippen molar-refractivity contribution in [1.29, 1.82) is 0 Å². The summed E-state index contributed by atoms with van der Waals surface area (Å²) in [6.45, 7) is 0. The van der Waals surface area contributed by atoms with E-state index in [4.69, 9.17) is 0 Å². The van der Waals surface area contributed by atoms with E-state index in [-0.39, 0.29) is 0 Å². The van der Waals surface area contributed by atoms with E-state index in [1.54, 1.807) is 27.7 Å². The molecule has 3 heteroatoms. The van der Waals surface area contributed by atoms with Crippen LogP contribution in [-0.2, 0) is 25.5 Å². The fourth-order valence-corrected chi connectivity index (χ4v) is 0. The summed E-state index contributed by atoms with van der Waals surface area (Å²) < 4.78 is 1.44. The van der Waals surface area contributed by atoms with E-state index in [2.05, 4.69) is 0 Å². The molecule has 0 spiro atoms. The summed E-state index contributed by atoms with van der Waals surface area (Å²) in [6, 6.07) is 0. The van der Waals surface area contributed by atoms with Gasteiger partial charge in [0.15, 0.2) is 0 Å². The van der Waals surface area contributed by atoms with Crippen LogP contribution in [0.4, 0.5) is 0 Å². The standard InChI is InChI=1S/C2H5NO.Ti/c1-3-2-4;/h2H,1H3,(H,3,4);/q;+1/p-1. The number of hydrogen-bond acceptors (Lipinski definition) is 1. The van der Waals surface area contributed by atoms with Gasteiger partial charge in [0.05, 0.1) is 0 Å². The Morgan fingerprint density at radius 2 is 2.20 bits per heavy atom. The molecule has 0 N–H and O–H groups in total. The summed E-state index contributed by atoms with van der Waals surface area (Å²) in [4.78, 5) is 9.43. The molecule has 27 valence electrons. The Morgan fingerprint density at radius 3 is 2.20 bits per heavy atom. The molecule has 0 heterocycles. The summed E-state index contributed by atoms with van der Waals surface area (Å²) in [7, 11) is 1.69. The van der Waals surface area contributed by atoms with Gasteiger partial charge in [-0.25, -0.2) is 0 Å². The normalized spacial score (nSPS) is 6.40. The first-order chi connectivity index (χ1) is 2.27. The third kappa shape index (κ3) is 4.18. The van der Waals surface area contributed by atoms with Gasteiger partial charge in [0.2, 0.25) is 0 Å². The fraction of sp³-hybridized carbons (Fsp3) is 0.500. The molecule has 0 aliphatic carbocycles. The molecular formula is C2H4NOTi. The Balaban J connectivity index is 2.83. The quantitative estimate of drug-likeness (QED) is 0.327. The van der Waals surface area contributed by atoms with Crippen LogP contribution in [0.5, 0.6) is 0 Å². The summed E-state index contributed by atoms with van der Waals surface area (Å²) in [6.07, 6.45) is 0.750. The van der Waals surface area contributed by atoms with Gasteiger partial charge in [-0.05, 0) is 0 Å². The van der Waals surface area contributed by atoms with Crippen LogP contribution in [0.15, 0.2) is 0 Å². The summed E-state index contributed by atoms with van der Waals surface area (Å²) in [5.41, 5.74) is 0. The van der Waals surface area contributed by atoms with E-state index >= 15 is 0 Å². The summed E-state index contributed by atoms with van der Waals surface area (Å²) in [5, 5.41) is 0. The van der Waals surface area contributed by atoms with Crippen molar-refractivity contribution in [3.8, 4) is 0 Å². The van der Waals surface area contributed by atoms with Crippen LogP contribution in [0.2, 0.25) is 0 Å². The Kier molecular flexibility index (Phi) is 2.51. The SMILES string of the molecule is C[N]([Ti])C=O. The Morgan fingerprint density at radius 1 is 2.00 bits per heavy atom. The van der Waals surface area contributed by atoms with E-state index in [0.29, 0.717) is 0 Å². The Hall–Kier alpha value is 0.184. The Labute approximate surface area is 42.9 Å². The molecule has 0 aliphatic rings. The maximum absolute atomic E-state index is 9.43. The molecule has 0 atom stereocenters. The van der Waals surface area contributed by atoms with Gasteiger partial charge >= 0.3 is 42.3 Å². The van der Waals surface area contributed by atoms with Gasteiger partial charge in [-0.2, -0.15) is 0 Å². The van der Waals surface area contributed by atoms with Crippen molar-refractivity contribution in [2.75, 3.05) is 7.05 Å². The summed E-state index contributed by atoms with van der Waals surface area (Å²) >= 11 is 1.69. The second-order valence-electron chi connectivity index (χ2n) is 0.716. The minimum absolute atomic E-state index is 0.750. The average Bonchev–Trinajstić information content (AvgIpc) is 1.38. The number of carbonyl (C=O) groups excluding carboxylic acids is 1. The van der Waals surface area contributed by atoms with Crippen molar-refractivity contribution in [3.63, 3.8) is 0 Å². The predicted molar refractivity (Wildman–Crippen MR) is 13.8 cm³/mol. The monoisotopic (exact) mass is 106 g/mol. The van der Waals surface area contributed by atoms with Gasteiger partial charge < -0.3 is 0 Å². The second kappa shape index (κ2) is 2.42.